The molecule has 1 aromatic heterocycles. The third-order valence-electron chi connectivity index (χ3n) is 5.37. The number of carbonyl (C=O) groups excluding carboxylic acids is 3. The molecule has 1 atom stereocenters. The average molecular weight is 462 g/mol. The molecule has 3 amide bonds. The van der Waals surface area contributed by atoms with Gasteiger partial charge in [-0.15, -0.1) is 0 Å². The molecule has 0 saturated carbocycles. The summed E-state index contributed by atoms with van der Waals surface area (Å²) in [6.45, 7) is 6.28. The first-order valence-electron chi connectivity index (χ1n) is 9.28. The Bertz CT molecular complexity index is 984. The van der Waals surface area contributed by atoms with Crippen LogP contribution in [0.4, 0.5) is 4.79 Å². The Morgan fingerprint density at radius 2 is 1.97 bits per heavy atom. The summed E-state index contributed by atoms with van der Waals surface area (Å²) in [6.07, 6.45) is 0. The second kappa shape index (κ2) is 8.12. The average Bonchev–Trinajstić information content (AvgIpc) is 3.08. The van der Waals surface area contributed by atoms with Crippen LogP contribution in [0, 0.1) is 13.8 Å². The van der Waals surface area contributed by atoms with Gasteiger partial charge in [0.1, 0.15) is 5.54 Å². The number of amides is 3. The number of nitrogens with one attached hydrogen (secondary N) is 1. The van der Waals surface area contributed by atoms with E-state index >= 15 is 0 Å². The summed E-state index contributed by atoms with van der Waals surface area (Å²) in [7, 11) is 1.63. The minimum atomic E-state index is -1.21. The summed E-state index contributed by atoms with van der Waals surface area (Å²) in [5, 5.41) is 2.73. The molecule has 1 aliphatic rings. The normalized spacial score (nSPS) is 19.0. The van der Waals surface area contributed by atoms with Crippen molar-refractivity contribution in [1.29, 1.82) is 0 Å². The molecule has 1 aromatic carbocycles. The summed E-state index contributed by atoms with van der Waals surface area (Å²) < 4.78 is 7.92. The first-order valence-corrected chi connectivity index (χ1v) is 10.1. The Balaban J connectivity index is 1.83. The first-order chi connectivity index (χ1) is 13.7. The Morgan fingerprint density at radius 3 is 2.62 bits per heavy atom. The standard InChI is InChI=1S/C21H24BrN3O4/c1-13-10-17(14(2)24(13)8-9-29-4)18(26)12-25-19(27)21(3,23-20(25)28)15-6-5-7-16(22)11-15/h5-7,10-11H,8-9,12H2,1-4H3,(H,23,28). The van der Waals surface area contributed by atoms with Crippen molar-refractivity contribution in [1.82, 2.24) is 14.8 Å². The van der Waals surface area contributed by atoms with E-state index in [9.17, 15) is 14.4 Å². The molecule has 0 bridgehead atoms. The molecule has 1 aliphatic heterocycles. The summed E-state index contributed by atoms with van der Waals surface area (Å²) >= 11 is 3.39. The van der Waals surface area contributed by atoms with E-state index in [0.29, 0.717) is 24.3 Å². The molecule has 0 aliphatic carbocycles. The number of urea groups is 1. The number of nitrogens with zero attached hydrogens (tertiary/aromatic N) is 2. The van der Waals surface area contributed by atoms with E-state index in [1.165, 1.54) is 0 Å². The van der Waals surface area contributed by atoms with Gasteiger partial charge in [0, 0.05) is 35.1 Å². The second-order valence-electron chi connectivity index (χ2n) is 7.31. The fourth-order valence-electron chi connectivity index (χ4n) is 3.67. The number of aryl methyl sites for hydroxylation is 1. The van der Waals surface area contributed by atoms with Crippen molar-refractivity contribution < 1.29 is 19.1 Å². The Morgan fingerprint density at radius 1 is 1.24 bits per heavy atom. The highest BCUT2D eigenvalue weighted by molar-refractivity contribution is 9.10. The molecule has 2 aromatic rings. The van der Waals surface area contributed by atoms with Crippen molar-refractivity contribution in [3.63, 3.8) is 0 Å². The molecular weight excluding hydrogens is 438 g/mol. The van der Waals surface area contributed by atoms with Gasteiger partial charge in [0.2, 0.25) is 0 Å². The van der Waals surface area contributed by atoms with Crippen molar-refractivity contribution in [2.45, 2.75) is 32.9 Å². The number of hydrogen-bond acceptors (Lipinski definition) is 4. The van der Waals surface area contributed by atoms with Crippen LogP contribution in [0.5, 0.6) is 0 Å². The molecule has 29 heavy (non-hydrogen) atoms. The summed E-state index contributed by atoms with van der Waals surface area (Å²) in [4.78, 5) is 39.5. The van der Waals surface area contributed by atoms with Gasteiger partial charge in [0.05, 0.1) is 13.2 Å². The molecule has 1 unspecified atom stereocenters. The second-order valence-corrected chi connectivity index (χ2v) is 8.22. The Hall–Kier alpha value is -2.45. The van der Waals surface area contributed by atoms with Gasteiger partial charge in [-0.3, -0.25) is 14.5 Å². The number of imide groups is 1. The van der Waals surface area contributed by atoms with Gasteiger partial charge in [-0.05, 0) is 44.5 Å². The minimum absolute atomic E-state index is 0.274. The van der Waals surface area contributed by atoms with Gasteiger partial charge >= 0.3 is 6.03 Å². The lowest BCUT2D eigenvalue weighted by atomic mass is 9.92. The van der Waals surface area contributed by atoms with Crippen LogP contribution in [0.1, 0.15) is 34.2 Å². The lowest BCUT2D eigenvalue weighted by Gasteiger charge is -2.22. The predicted molar refractivity (Wildman–Crippen MR) is 112 cm³/mol. The number of hydrogen-bond donors (Lipinski definition) is 1. The molecule has 0 radical (unpaired) electrons. The third-order valence-corrected chi connectivity index (χ3v) is 5.86. The van der Waals surface area contributed by atoms with E-state index in [2.05, 4.69) is 21.2 Å². The van der Waals surface area contributed by atoms with Crippen molar-refractivity contribution in [3.05, 3.63) is 57.3 Å². The molecule has 2 heterocycles. The minimum Gasteiger partial charge on any atom is -0.383 e. The Kier molecular flexibility index (Phi) is 5.95. The highest BCUT2D eigenvalue weighted by atomic mass is 79.9. The predicted octanol–water partition coefficient (Wildman–Crippen LogP) is 3.16. The fraction of sp³-hybridized carbons (Fsp3) is 0.381. The van der Waals surface area contributed by atoms with Crippen LogP contribution in [0.25, 0.3) is 0 Å². The third kappa shape index (κ3) is 3.86. The van der Waals surface area contributed by atoms with Gasteiger partial charge in [0.15, 0.2) is 5.78 Å². The molecule has 1 N–H and O–H groups in total. The van der Waals surface area contributed by atoms with Crippen LogP contribution in [0.3, 0.4) is 0 Å². The Labute approximate surface area is 178 Å². The zero-order valence-electron chi connectivity index (χ0n) is 16.9. The van der Waals surface area contributed by atoms with Crippen molar-refractivity contribution in [2.24, 2.45) is 0 Å². The summed E-state index contributed by atoms with van der Waals surface area (Å²) in [5.74, 6) is -0.717. The van der Waals surface area contributed by atoms with Gasteiger partial charge in [0.25, 0.3) is 5.91 Å². The number of halogens is 1. The van der Waals surface area contributed by atoms with Crippen LogP contribution >= 0.6 is 15.9 Å². The molecule has 8 heteroatoms. The summed E-state index contributed by atoms with van der Waals surface area (Å²) in [6, 6.07) is 8.42. The maximum absolute atomic E-state index is 13.1. The molecule has 1 fully saturated rings. The van der Waals surface area contributed by atoms with E-state index in [-0.39, 0.29) is 12.3 Å². The van der Waals surface area contributed by atoms with E-state index < -0.39 is 17.5 Å². The zero-order valence-corrected chi connectivity index (χ0v) is 18.5. The van der Waals surface area contributed by atoms with Crippen LogP contribution in [-0.2, 0) is 21.6 Å². The van der Waals surface area contributed by atoms with E-state index in [0.717, 1.165) is 20.8 Å². The number of ether oxygens (including phenoxy) is 1. The smallest absolute Gasteiger partial charge is 0.325 e. The van der Waals surface area contributed by atoms with Gasteiger partial charge in [-0.2, -0.15) is 0 Å². The lowest BCUT2D eigenvalue weighted by Crippen LogP contribution is -2.41. The summed E-state index contributed by atoms with van der Waals surface area (Å²) in [5.41, 5.74) is 1.68. The number of benzene rings is 1. The number of methoxy groups -OCH3 is 1. The van der Waals surface area contributed by atoms with Crippen LogP contribution in [-0.4, -0.2) is 47.4 Å². The fourth-order valence-corrected chi connectivity index (χ4v) is 4.07. The topological polar surface area (TPSA) is 80.6 Å². The number of rotatable bonds is 7. The van der Waals surface area contributed by atoms with Crippen molar-refractivity contribution >= 4 is 33.7 Å². The number of aromatic nitrogens is 1. The molecule has 3 rings (SSSR count). The molecule has 1 saturated heterocycles. The van der Waals surface area contributed by atoms with Crippen LogP contribution in [0.2, 0.25) is 0 Å². The molecule has 7 nitrogen and oxygen atoms in total. The highest BCUT2D eigenvalue weighted by Gasteiger charge is 2.49. The largest absolute Gasteiger partial charge is 0.383 e. The van der Waals surface area contributed by atoms with Gasteiger partial charge < -0.3 is 14.6 Å². The van der Waals surface area contributed by atoms with Crippen molar-refractivity contribution in [3.8, 4) is 0 Å². The van der Waals surface area contributed by atoms with Crippen LogP contribution in [0.15, 0.2) is 34.8 Å². The van der Waals surface area contributed by atoms with Crippen molar-refractivity contribution in [2.75, 3.05) is 20.3 Å². The molecular formula is C21H24BrN3O4. The number of ketones is 1. The van der Waals surface area contributed by atoms with E-state index in [1.54, 1.807) is 38.3 Å². The van der Waals surface area contributed by atoms with E-state index in [1.807, 2.05) is 24.5 Å². The zero-order chi connectivity index (χ0) is 21.3. The molecule has 0 spiro atoms. The quantitative estimate of drug-likeness (QED) is 0.507. The number of carbonyl (C=O) groups is 3. The monoisotopic (exact) mass is 461 g/mol. The lowest BCUT2D eigenvalue weighted by molar-refractivity contribution is -0.130. The van der Waals surface area contributed by atoms with Gasteiger partial charge in [-0.25, -0.2) is 4.79 Å². The van der Waals surface area contributed by atoms with E-state index in [4.69, 9.17) is 4.74 Å². The maximum Gasteiger partial charge on any atom is 0.325 e. The number of Topliss-reactive ketones (excluding diaryl/α,β-unsaturated/α-hetero) is 1. The molecule has 154 valence electrons. The highest BCUT2D eigenvalue weighted by Crippen LogP contribution is 2.30. The first kappa shape index (κ1) is 21.3. The van der Waals surface area contributed by atoms with Crippen LogP contribution < -0.4 is 5.32 Å². The SMILES string of the molecule is COCCn1c(C)cc(C(=O)CN2C(=O)NC(C)(c3cccc(Br)c3)C2=O)c1C. The maximum atomic E-state index is 13.1. The van der Waals surface area contributed by atoms with Gasteiger partial charge in [-0.1, -0.05) is 28.1 Å².